The van der Waals surface area contributed by atoms with Crippen LogP contribution in [0.3, 0.4) is 0 Å². The van der Waals surface area contributed by atoms with Crippen molar-refractivity contribution in [3.8, 4) is 5.75 Å². The van der Waals surface area contributed by atoms with Crippen LogP contribution in [0.4, 0.5) is 4.79 Å². The molecular weight excluding hydrogens is 438 g/mol. The zero-order valence-electron chi connectivity index (χ0n) is 22.4. The topological polar surface area (TPSA) is 59.0 Å². The van der Waals surface area contributed by atoms with Crippen molar-refractivity contribution in [1.82, 2.24) is 4.90 Å². The van der Waals surface area contributed by atoms with Crippen LogP contribution in [0.1, 0.15) is 79.2 Å². The van der Waals surface area contributed by atoms with Crippen molar-refractivity contribution in [2.75, 3.05) is 6.54 Å². The monoisotopic (exact) mass is 481 g/mol. The average molecular weight is 482 g/mol. The number of carbonyl (C=O) groups is 1. The minimum Gasteiger partial charge on any atom is -0.513 e. The standard InChI is InChI=1S/C30H43NO4/c1-21(32)16-17-31(28(33)35-30(5,6)7)20-22-8-9-24-19-27(13-10-23(24)18-22)34-26-14-11-25(12-15-26)29(2,3)4/h8-10,13,18-19,25-26,32H,1,11-12,14-17,20H2,2-7H3/t25-,26-. The highest BCUT2D eigenvalue weighted by atomic mass is 16.6. The Balaban J connectivity index is 1.67. The first-order chi connectivity index (χ1) is 16.3. The van der Waals surface area contributed by atoms with E-state index in [0.29, 0.717) is 24.9 Å². The number of amides is 1. The number of benzene rings is 2. The van der Waals surface area contributed by atoms with Gasteiger partial charge in [-0.2, -0.15) is 0 Å². The van der Waals surface area contributed by atoms with Crippen molar-refractivity contribution < 1.29 is 19.4 Å². The molecule has 0 radical (unpaired) electrons. The molecule has 0 aromatic heterocycles. The van der Waals surface area contributed by atoms with Crippen LogP contribution in [0.2, 0.25) is 0 Å². The van der Waals surface area contributed by atoms with E-state index in [-0.39, 0.29) is 11.9 Å². The molecule has 0 aliphatic heterocycles. The van der Waals surface area contributed by atoms with Crippen LogP contribution in [0.5, 0.6) is 5.75 Å². The number of carbonyl (C=O) groups excluding carboxylic acids is 1. The molecule has 0 atom stereocenters. The van der Waals surface area contributed by atoms with E-state index in [1.165, 1.54) is 12.8 Å². The molecule has 5 heteroatoms. The van der Waals surface area contributed by atoms with E-state index < -0.39 is 11.7 Å². The quantitative estimate of drug-likeness (QED) is 0.407. The summed E-state index contributed by atoms with van der Waals surface area (Å²) in [4.78, 5) is 14.3. The SMILES string of the molecule is C=C(O)CCN(Cc1ccc2cc(O[C@H]3CC[C@H](C(C)(C)C)CC3)ccc2c1)C(=O)OC(C)(C)C. The van der Waals surface area contributed by atoms with Gasteiger partial charge in [-0.1, -0.05) is 45.5 Å². The predicted octanol–water partition coefficient (Wildman–Crippen LogP) is 8.02. The normalized spacial score (nSPS) is 18.8. The fourth-order valence-corrected chi connectivity index (χ4v) is 4.73. The maximum atomic E-state index is 12.7. The lowest BCUT2D eigenvalue weighted by molar-refractivity contribution is 0.0232. The molecule has 5 nitrogen and oxygen atoms in total. The summed E-state index contributed by atoms with van der Waals surface area (Å²) in [6, 6.07) is 12.4. The van der Waals surface area contributed by atoms with Crippen molar-refractivity contribution >= 4 is 16.9 Å². The smallest absolute Gasteiger partial charge is 0.410 e. The van der Waals surface area contributed by atoms with E-state index in [0.717, 1.165) is 40.8 Å². The molecule has 0 heterocycles. The lowest BCUT2D eigenvalue weighted by Gasteiger charge is -2.37. The molecule has 0 spiro atoms. The Hall–Kier alpha value is -2.69. The summed E-state index contributed by atoms with van der Waals surface area (Å²) >= 11 is 0. The zero-order valence-corrected chi connectivity index (χ0v) is 22.4. The number of fused-ring (bicyclic) bond motifs is 1. The third kappa shape index (κ3) is 8.19. The van der Waals surface area contributed by atoms with Gasteiger partial charge >= 0.3 is 6.09 Å². The highest BCUT2D eigenvalue weighted by Crippen LogP contribution is 2.39. The van der Waals surface area contributed by atoms with E-state index in [1.807, 2.05) is 32.9 Å². The molecule has 3 rings (SSSR count). The Morgan fingerprint density at radius 1 is 1.00 bits per heavy atom. The molecule has 0 bridgehead atoms. The average Bonchev–Trinajstić information content (AvgIpc) is 2.75. The van der Waals surface area contributed by atoms with Crippen LogP contribution in [-0.4, -0.2) is 34.3 Å². The maximum Gasteiger partial charge on any atom is 0.410 e. The Bertz CT molecular complexity index is 1020. The molecule has 0 saturated heterocycles. The minimum absolute atomic E-state index is 0.0523. The van der Waals surface area contributed by atoms with Crippen molar-refractivity contribution in [3.63, 3.8) is 0 Å². The van der Waals surface area contributed by atoms with Gasteiger partial charge in [-0.15, -0.1) is 0 Å². The first-order valence-corrected chi connectivity index (χ1v) is 12.8. The summed E-state index contributed by atoms with van der Waals surface area (Å²) in [6.45, 7) is 16.8. The van der Waals surface area contributed by atoms with E-state index in [9.17, 15) is 9.90 Å². The zero-order chi connectivity index (χ0) is 25.8. The number of aliphatic hydroxyl groups is 1. The van der Waals surface area contributed by atoms with Gasteiger partial charge in [0.25, 0.3) is 0 Å². The lowest BCUT2D eigenvalue weighted by Crippen LogP contribution is -2.37. The third-order valence-electron chi connectivity index (χ3n) is 6.77. The first kappa shape index (κ1) is 26.9. The van der Waals surface area contributed by atoms with Crippen molar-refractivity contribution in [2.45, 2.75) is 91.9 Å². The summed E-state index contributed by atoms with van der Waals surface area (Å²) in [5, 5.41) is 11.7. The largest absolute Gasteiger partial charge is 0.513 e. The van der Waals surface area contributed by atoms with E-state index in [1.54, 1.807) is 4.90 Å². The van der Waals surface area contributed by atoms with Crippen LogP contribution in [-0.2, 0) is 11.3 Å². The highest BCUT2D eigenvalue weighted by Gasteiger charge is 2.30. The van der Waals surface area contributed by atoms with Crippen molar-refractivity contribution in [1.29, 1.82) is 0 Å². The summed E-state index contributed by atoms with van der Waals surface area (Å²) in [7, 11) is 0. The van der Waals surface area contributed by atoms with Crippen LogP contribution >= 0.6 is 0 Å². The van der Waals surface area contributed by atoms with Crippen LogP contribution in [0.25, 0.3) is 10.8 Å². The molecule has 1 amide bonds. The Kier molecular flexibility index (Phi) is 8.40. The van der Waals surface area contributed by atoms with Crippen molar-refractivity contribution in [2.24, 2.45) is 11.3 Å². The molecule has 1 fully saturated rings. The molecular formula is C30H43NO4. The molecule has 1 aliphatic rings. The summed E-state index contributed by atoms with van der Waals surface area (Å²) < 4.78 is 11.9. The van der Waals surface area contributed by atoms with Gasteiger partial charge in [-0.25, -0.2) is 4.79 Å². The Labute approximate surface area is 211 Å². The molecule has 1 aliphatic carbocycles. The Morgan fingerprint density at radius 3 is 2.23 bits per heavy atom. The van der Waals surface area contributed by atoms with Crippen LogP contribution < -0.4 is 4.74 Å². The van der Waals surface area contributed by atoms with E-state index in [2.05, 4.69) is 51.6 Å². The lowest BCUT2D eigenvalue weighted by atomic mass is 9.72. The number of hydrogen-bond acceptors (Lipinski definition) is 4. The number of rotatable bonds is 7. The first-order valence-electron chi connectivity index (χ1n) is 12.8. The van der Waals surface area contributed by atoms with Gasteiger partial charge in [-0.05, 0) is 92.3 Å². The van der Waals surface area contributed by atoms with Crippen LogP contribution in [0, 0.1) is 11.3 Å². The molecule has 1 saturated carbocycles. The van der Waals surface area contributed by atoms with Gasteiger partial charge in [0.05, 0.1) is 11.9 Å². The summed E-state index contributed by atoms with van der Waals surface area (Å²) in [5.74, 6) is 1.74. The van der Waals surface area contributed by atoms with Gasteiger partial charge < -0.3 is 19.5 Å². The summed E-state index contributed by atoms with van der Waals surface area (Å²) in [5.41, 5.74) is 0.787. The van der Waals surface area contributed by atoms with Gasteiger partial charge in [0.1, 0.15) is 11.4 Å². The van der Waals surface area contributed by atoms with Crippen LogP contribution in [0.15, 0.2) is 48.7 Å². The third-order valence-corrected chi connectivity index (χ3v) is 6.77. The van der Waals surface area contributed by atoms with Gasteiger partial charge in [0, 0.05) is 19.5 Å². The number of hydrogen-bond donors (Lipinski definition) is 1. The molecule has 2 aromatic rings. The molecule has 192 valence electrons. The maximum absolute atomic E-state index is 12.7. The number of nitrogens with zero attached hydrogens (tertiary/aromatic N) is 1. The molecule has 35 heavy (non-hydrogen) atoms. The van der Waals surface area contributed by atoms with E-state index >= 15 is 0 Å². The van der Waals surface area contributed by atoms with E-state index in [4.69, 9.17) is 9.47 Å². The highest BCUT2D eigenvalue weighted by molar-refractivity contribution is 5.84. The second-order valence-corrected chi connectivity index (χ2v) is 12.0. The summed E-state index contributed by atoms with van der Waals surface area (Å²) in [6.07, 6.45) is 4.87. The van der Waals surface area contributed by atoms with Gasteiger partial charge in [-0.3, -0.25) is 0 Å². The molecule has 1 N–H and O–H groups in total. The Morgan fingerprint density at radius 2 is 1.63 bits per heavy atom. The fourth-order valence-electron chi connectivity index (χ4n) is 4.73. The van der Waals surface area contributed by atoms with Gasteiger partial charge in [0.15, 0.2) is 0 Å². The predicted molar refractivity (Wildman–Crippen MR) is 143 cm³/mol. The molecule has 0 unspecified atom stereocenters. The number of aliphatic hydroxyl groups excluding tert-OH is 1. The number of ether oxygens (including phenoxy) is 2. The fraction of sp³-hybridized carbons (Fsp3) is 0.567. The van der Waals surface area contributed by atoms with Gasteiger partial charge in [0.2, 0.25) is 0 Å². The molecule has 2 aromatic carbocycles. The van der Waals surface area contributed by atoms with Crippen molar-refractivity contribution in [3.05, 3.63) is 54.3 Å². The second-order valence-electron chi connectivity index (χ2n) is 12.0. The second kappa shape index (κ2) is 10.9. The minimum atomic E-state index is -0.586.